The first-order chi connectivity index (χ1) is 18.4. The summed E-state index contributed by atoms with van der Waals surface area (Å²) in [6.45, 7) is 0.823. The Balaban J connectivity index is 1.49. The number of amides is 1. The Morgan fingerprint density at radius 3 is 2.47 bits per heavy atom. The largest absolute Gasteiger partial charge is 0.497 e. The zero-order chi connectivity index (χ0) is 26.7. The zero-order valence-corrected chi connectivity index (χ0v) is 21.8. The average molecular weight is 526 g/mol. The molecule has 0 unspecified atom stereocenters. The molecule has 7 nitrogen and oxygen atoms in total. The van der Waals surface area contributed by atoms with Crippen LogP contribution in [0, 0.1) is 11.3 Å². The highest BCUT2D eigenvalue weighted by molar-refractivity contribution is 7.89. The van der Waals surface area contributed by atoms with Crippen LogP contribution in [0.5, 0.6) is 5.75 Å². The second-order valence-corrected chi connectivity index (χ2v) is 11.2. The molecule has 1 fully saturated rings. The van der Waals surface area contributed by atoms with Crippen LogP contribution in [0.3, 0.4) is 0 Å². The van der Waals surface area contributed by atoms with Crippen molar-refractivity contribution in [3.05, 3.63) is 108 Å². The van der Waals surface area contributed by atoms with E-state index in [2.05, 4.69) is 6.07 Å². The van der Waals surface area contributed by atoms with Gasteiger partial charge in [-0.15, -0.1) is 0 Å². The molecule has 0 aliphatic carbocycles. The molecule has 38 heavy (non-hydrogen) atoms. The minimum absolute atomic E-state index is 0.0769. The summed E-state index contributed by atoms with van der Waals surface area (Å²) in [7, 11) is -2.46. The van der Waals surface area contributed by atoms with Crippen LogP contribution in [-0.2, 0) is 27.9 Å². The highest BCUT2D eigenvalue weighted by Crippen LogP contribution is 2.30. The molecule has 1 atom stereocenters. The van der Waals surface area contributed by atoms with Gasteiger partial charge in [0.05, 0.1) is 23.6 Å². The Morgan fingerprint density at radius 1 is 0.947 bits per heavy atom. The molecule has 5 rings (SSSR count). The predicted molar refractivity (Wildman–Crippen MR) is 145 cm³/mol. The molecule has 1 saturated heterocycles. The molecular weight excluding hydrogens is 498 g/mol. The summed E-state index contributed by atoms with van der Waals surface area (Å²) in [6, 6.07) is 28.2. The van der Waals surface area contributed by atoms with Crippen LogP contribution in [0.25, 0.3) is 10.8 Å². The molecule has 1 aliphatic rings. The lowest BCUT2D eigenvalue weighted by Crippen LogP contribution is -2.44. The molecule has 0 aromatic heterocycles. The number of hydrogen-bond donors (Lipinski definition) is 0. The number of carbonyl (C=O) groups excluding carboxylic acids is 1. The first-order valence-electron chi connectivity index (χ1n) is 12.3. The summed E-state index contributed by atoms with van der Waals surface area (Å²) >= 11 is 0. The molecule has 8 heteroatoms. The second-order valence-electron chi connectivity index (χ2n) is 9.29. The fourth-order valence-corrected chi connectivity index (χ4v) is 6.49. The van der Waals surface area contributed by atoms with Gasteiger partial charge in [-0.2, -0.15) is 9.57 Å². The molecule has 1 aliphatic heterocycles. The van der Waals surface area contributed by atoms with Crippen LogP contribution in [0.4, 0.5) is 0 Å². The number of ether oxygens (including phenoxy) is 1. The number of methoxy groups -OCH3 is 1. The number of likely N-dealkylation sites (tertiary alicyclic amines) is 1. The minimum atomic E-state index is -4.03. The topological polar surface area (TPSA) is 90.7 Å². The van der Waals surface area contributed by atoms with Crippen LogP contribution in [0.15, 0.2) is 95.9 Å². The number of nitrogens with zero attached hydrogens (tertiary/aromatic N) is 3. The highest BCUT2D eigenvalue weighted by atomic mass is 32.2. The van der Waals surface area contributed by atoms with Gasteiger partial charge in [-0.1, -0.05) is 54.6 Å². The van der Waals surface area contributed by atoms with Crippen molar-refractivity contribution >= 4 is 26.7 Å². The summed E-state index contributed by atoms with van der Waals surface area (Å²) in [6.07, 6.45) is 0.379. The number of carbonyl (C=O) groups is 1. The van der Waals surface area contributed by atoms with Crippen molar-refractivity contribution < 1.29 is 17.9 Å². The van der Waals surface area contributed by atoms with Gasteiger partial charge >= 0.3 is 0 Å². The summed E-state index contributed by atoms with van der Waals surface area (Å²) in [5.41, 5.74) is 2.15. The van der Waals surface area contributed by atoms with Gasteiger partial charge in [-0.3, -0.25) is 4.79 Å². The third-order valence-corrected chi connectivity index (χ3v) is 8.70. The van der Waals surface area contributed by atoms with Crippen molar-refractivity contribution in [1.29, 1.82) is 5.26 Å². The van der Waals surface area contributed by atoms with E-state index in [1.54, 1.807) is 54.5 Å². The standard InChI is InChI=1S/C30H27N3O4S/c1-37-27-12-10-25-11-13-28(18-26(25)17-27)38(35,36)33(21-22-6-3-2-4-7-22)29-14-15-32(30(29)34)20-24-9-5-8-23(16-24)19-31/h2-13,16-18,29H,14-15,20-21H2,1H3/t29-/m0/s1. The predicted octanol–water partition coefficient (Wildman–Crippen LogP) is 4.71. The molecular formula is C30H27N3O4S. The van der Waals surface area contributed by atoms with Crippen molar-refractivity contribution in [2.45, 2.75) is 30.4 Å². The van der Waals surface area contributed by atoms with Gasteiger partial charge in [-0.05, 0) is 64.7 Å². The minimum Gasteiger partial charge on any atom is -0.497 e. The molecule has 4 aromatic rings. The number of rotatable bonds is 8. The Labute approximate surface area is 222 Å². The molecule has 1 heterocycles. The number of fused-ring (bicyclic) bond motifs is 1. The van der Waals surface area contributed by atoms with Crippen molar-refractivity contribution in [3.8, 4) is 11.8 Å². The number of nitriles is 1. The number of sulfonamides is 1. The molecule has 0 N–H and O–H groups in total. The molecule has 0 bridgehead atoms. The molecule has 0 radical (unpaired) electrons. The third-order valence-electron chi connectivity index (χ3n) is 6.85. The van der Waals surface area contributed by atoms with Gasteiger partial charge in [0, 0.05) is 19.6 Å². The van der Waals surface area contributed by atoms with E-state index in [9.17, 15) is 18.5 Å². The van der Waals surface area contributed by atoms with E-state index in [4.69, 9.17) is 4.74 Å². The summed E-state index contributed by atoms with van der Waals surface area (Å²) in [5.74, 6) is 0.393. The van der Waals surface area contributed by atoms with Crippen molar-refractivity contribution in [1.82, 2.24) is 9.21 Å². The van der Waals surface area contributed by atoms with Crippen molar-refractivity contribution in [2.24, 2.45) is 0 Å². The monoisotopic (exact) mass is 525 g/mol. The Morgan fingerprint density at radius 2 is 1.71 bits per heavy atom. The molecule has 4 aromatic carbocycles. The van der Waals surface area contributed by atoms with Crippen LogP contribution in [0.1, 0.15) is 23.1 Å². The molecule has 192 valence electrons. The summed E-state index contributed by atoms with van der Waals surface area (Å²) in [5, 5.41) is 10.8. The van der Waals surface area contributed by atoms with Gasteiger partial charge in [0.2, 0.25) is 15.9 Å². The maximum Gasteiger partial charge on any atom is 0.244 e. The summed E-state index contributed by atoms with van der Waals surface area (Å²) in [4.78, 5) is 15.4. The maximum atomic E-state index is 14.1. The van der Waals surface area contributed by atoms with Gasteiger partial charge < -0.3 is 9.64 Å². The van der Waals surface area contributed by atoms with Crippen LogP contribution < -0.4 is 4.74 Å². The smallest absolute Gasteiger partial charge is 0.244 e. The fraction of sp³-hybridized carbons (Fsp3) is 0.200. The summed E-state index contributed by atoms with van der Waals surface area (Å²) < 4.78 is 34.9. The quantitative estimate of drug-likeness (QED) is 0.332. The SMILES string of the molecule is COc1ccc2ccc(S(=O)(=O)N(Cc3ccccc3)[C@H]3CCN(Cc4cccc(C#N)c4)C3=O)cc2c1. The lowest BCUT2D eigenvalue weighted by atomic mass is 10.1. The molecule has 0 saturated carbocycles. The third kappa shape index (κ3) is 5.12. The van der Waals surface area contributed by atoms with E-state index < -0.39 is 16.1 Å². The fourth-order valence-electron chi connectivity index (χ4n) is 4.86. The number of benzene rings is 4. The second kappa shape index (κ2) is 10.7. The zero-order valence-electron chi connectivity index (χ0n) is 20.9. The average Bonchev–Trinajstić information content (AvgIpc) is 3.30. The van der Waals surface area contributed by atoms with Crippen molar-refractivity contribution in [2.75, 3.05) is 13.7 Å². The normalized spacial score (nSPS) is 15.7. The molecule has 1 amide bonds. The lowest BCUT2D eigenvalue weighted by Gasteiger charge is -2.28. The van der Waals surface area contributed by atoms with Crippen LogP contribution >= 0.6 is 0 Å². The van der Waals surface area contributed by atoms with E-state index >= 15 is 0 Å². The Bertz CT molecular complexity index is 1630. The van der Waals surface area contributed by atoms with E-state index in [-0.39, 0.29) is 17.3 Å². The van der Waals surface area contributed by atoms with E-state index in [0.29, 0.717) is 30.8 Å². The van der Waals surface area contributed by atoms with Crippen LogP contribution in [-0.4, -0.2) is 43.2 Å². The first-order valence-corrected chi connectivity index (χ1v) is 13.7. The van der Waals surface area contributed by atoms with E-state index in [1.165, 1.54) is 4.31 Å². The lowest BCUT2D eigenvalue weighted by molar-refractivity contribution is -0.131. The Kier molecular flexibility index (Phi) is 7.14. The van der Waals surface area contributed by atoms with E-state index in [0.717, 1.165) is 21.9 Å². The van der Waals surface area contributed by atoms with Gasteiger partial charge in [-0.25, -0.2) is 8.42 Å². The maximum absolute atomic E-state index is 14.1. The van der Waals surface area contributed by atoms with Gasteiger partial charge in [0.25, 0.3) is 0 Å². The van der Waals surface area contributed by atoms with E-state index in [1.807, 2.05) is 48.5 Å². The Hall–Kier alpha value is -4.19. The van der Waals surface area contributed by atoms with Crippen LogP contribution in [0.2, 0.25) is 0 Å². The number of hydrogen-bond acceptors (Lipinski definition) is 5. The highest BCUT2D eigenvalue weighted by Gasteiger charge is 2.42. The van der Waals surface area contributed by atoms with Crippen molar-refractivity contribution in [3.63, 3.8) is 0 Å². The van der Waals surface area contributed by atoms with Gasteiger partial charge in [0.15, 0.2) is 0 Å². The first kappa shape index (κ1) is 25.5. The van der Waals surface area contributed by atoms with Gasteiger partial charge in [0.1, 0.15) is 11.8 Å². The molecule has 0 spiro atoms.